The number of aliphatic imine (C=N–C) groups is 1. The lowest BCUT2D eigenvalue weighted by atomic mass is 10.1. The number of aryl methyl sites for hydroxylation is 1. The fourth-order valence-corrected chi connectivity index (χ4v) is 3.51. The number of carbonyl (C=O) groups excluding carboxylic acids is 1. The Bertz CT molecular complexity index is 888. The van der Waals surface area contributed by atoms with Gasteiger partial charge in [0.05, 0.1) is 17.7 Å². The molecule has 1 amide bonds. The zero-order valence-electron chi connectivity index (χ0n) is 14.9. The van der Waals surface area contributed by atoms with Crippen LogP contribution in [0.2, 0.25) is 0 Å². The normalized spacial score (nSPS) is 17.3. The molecule has 0 spiro atoms. The molecule has 1 fully saturated rings. The van der Waals surface area contributed by atoms with Gasteiger partial charge in [-0.2, -0.15) is 0 Å². The van der Waals surface area contributed by atoms with E-state index >= 15 is 0 Å². The van der Waals surface area contributed by atoms with Crippen LogP contribution in [0.25, 0.3) is 6.08 Å². The van der Waals surface area contributed by atoms with Crippen molar-refractivity contribution in [3.63, 3.8) is 0 Å². The predicted molar refractivity (Wildman–Crippen MR) is 106 cm³/mol. The van der Waals surface area contributed by atoms with Crippen LogP contribution in [-0.2, 0) is 11.2 Å². The average Bonchev–Trinajstić information content (AvgIpc) is 2.92. The Kier molecular flexibility index (Phi) is 5.32. The Morgan fingerprint density at radius 2 is 1.96 bits per heavy atom. The number of methoxy groups -OCH3 is 1. The van der Waals surface area contributed by atoms with Crippen molar-refractivity contribution in [3.05, 3.63) is 58.5 Å². The summed E-state index contributed by atoms with van der Waals surface area (Å²) in [6.07, 6.45) is 2.63. The highest BCUT2D eigenvalue weighted by molar-refractivity contribution is 8.18. The number of ether oxygens (including phenoxy) is 1. The standard InChI is InChI=1S/C20H20N2O3S/c1-4-13-8-10-15(11-9-13)21-20-22(2)19(24)17(26-20)12-14-6-5-7-16(25-3)18(14)23/h5-12,23H,4H2,1-3H3/b17-12+,21-20?. The number of hydrogen-bond donors (Lipinski definition) is 1. The number of rotatable bonds is 4. The smallest absolute Gasteiger partial charge is 0.266 e. The zero-order valence-corrected chi connectivity index (χ0v) is 15.7. The minimum Gasteiger partial charge on any atom is -0.504 e. The van der Waals surface area contributed by atoms with Crippen LogP contribution in [0.1, 0.15) is 18.1 Å². The molecule has 0 aromatic heterocycles. The van der Waals surface area contributed by atoms with Crippen LogP contribution in [0.15, 0.2) is 52.4 Å². The Balaban J connectivity index is 1.90. The molecular weight excluding hydrogens is 348 g/mol. The van der Waals surface area contributed by atoms with Crippen molar-refractivity contribution in [2.45, 2.75) is 13.3 Å². The average molecular weight is 368 g/mol. The summed E-state index contributed by atoms with van der Waals surface area (Å²) in [6, 6.07) is 13.1. The first kappa shape index (κ1) is 18.1. The maximum Gasteiger partial charge on any atom is 0.266 e. The lowest BCUT2D eigenvalue weighted by Crippen LogP contribution is -2.23. The Labute approximate surface area is 157 Å². The van der Waals surface area contributed by atoms with Crippen molar-refractivity contribution < 1.29 is 14.6 Å². The van der Waals surface area contributed by atoms with Crippen molar-refractivity contribution in [1.29, 1.82) is 0 Å². The summed E-state index contributed by atoms with van der Waals surface area (Å²) in [7, 11) is 3.19. The number of nitrogens with zero attached hydrogens (tertiary/aromatic N) is 2. The van der Waals surface area contributed by atoms with Crippen LogP contribution in [0.5, 0.6) is 11.5 Å². The molecule has 0 radical (unpaired) electrons. The number of likely N-dealkylation sites (N-methyl/N-ethyl adjacent to an activating group) is 1. The lowest BCUT2D eigenvalue weighted by Gasteiger charge is -2.07. The second-order valence-corrected chi connectivity index (χ2v) is 6.80. The van der Waals surface area contributed by atoms with E-state index in [0.29, 0.717) is 21.4 Å². The van der Waals surface area contributed by atoms with E-state index in [0.717, 1.165) is 12.1 Å². The van der Waals surface area contributed by atoms with Crippen LogP contribution in [0.3, 0.4) is 0 Å². The fraction of sp³-hybridized carbons (Fsp3) is 0.200. The lowest BCUT2D eigenvalue weighted by molar-refractivity contribution is -0.121. The molecule has 1 N–H and O–H groups in total. The highest BCUT2D eigenvalue weighted by Gasteiger charge is 2.30. The molecule has 134 valence electrons. The maximum atomic E-state index is 12.5. The maximum absolute atomic E-state index is 12.5. The summed E-state index contributed by atoms with van der Waals surface area (Å²) < 4.78 is 5.11. The fourth-order valence-electron chi connectivity index (χ4n) is 2.53. The van der Waals surface area contributed by atoms with Crippen molar-refractivity contribution in [2.24, 2.45) is 4.99 Å². The largest absolute Gasteiger partial charge is 0.504 e. The number of thioether (sulfide) groups is 1. The number of amidine groups is 1. The van der Waals surface area contributed by atoms with Crippen molar-refractivity contribution in [1.82, 2.24) is 4.90 Å². The molecule has 0 unspecified atom stereocenters. The van der Waals surface area contributed by atoms with Gasteiger partial charge >= 0.3 is 0 Å². The molecule has 2 aromatic rings. The van der Waals surface area contributed by atoms with Crippen molar-refractivity contribution >= 4 is 34.6 Å². The number of aromatic hydroxyl groups is 1. The summed E-state index contributed by atoms with van der Waals surface area (Å²) in [5.74, 6) is 0.230. The van der Waals surface area contributed by atoms with Crippen molar-refractivity contribution in [3.8, 4) is 11.5 Å². The quantitative estimate of drug-likeness (QED) is 0.822. The summed E-state index contributed by atoms with van der Waals surface area (Å²) >= 11 is 1.28. The number of hydrogen-bond acceptors (Lipinski definition) is 5. The number of amides is 1. The van der Waals surface area contributed by atoms with Gasteiger partial charge in [0.15, 0.2) is 16.7 Å². The summed E-state index contributed by atoms with van der Waals surface area (Å²) in [5.41, 5.74) is 2.57. The molecule has 1 aliphatic rings. The third kappa shape index (κ3) is 3.60. The predicted octanol–water partition coefficient (Wildman–Crippen LogP) is 4.20. The first-order valence-electron chi connectivity index (χ1n) is 8.24. The molecule has 6 heteroatoms. The van der Waals surface area contributed by atoms with Gasteiger partial charge in [-0.15, -0.1) is 0 Å². The molecule has 0 atom stereocenters. The molecule has 1 heterocycles. The van der Waals surface area contributed by atoms with Gasteiger partial charge < -0.3 is 9.84 Å². The van der Waals surface area contributed by atoms with E-state index < -0.39 is 0 Å². The SMILES string of the molecule is CCc1ccc(N=C2S/C(=C/c3cccc(OC)c3O)C(=O)N2C)cc1. The third-order valence-electron chi connectivity index (χ3n) is 4.11. The summed E-state index contributed by atoms with van der Waals surface area (Å²) in [5, 5.41) is 10.8. The minimum atomic E-state index is -0.152. The number of benzene rings is 2. The summed E-state index contributed by atoms with van der Waals surface area (Å²) in [4.78, 5) is 19.1. The van der Waals surface area contributed by atoms with E-state index in [-0.39, 0.29) is 11.7 Å². The van der Waals surface area contributed by atoms with Gasteiger partial charge in [0.2, 0.25) is 0 Å². The van der Waals surface area contributed by atoms with E-state index in [2.05, 4.69) is 11.9 Å². The number of phenols is 1. The van der Waals surface area contributed by atoms with Gasteiger partial charge in [-0.05, 0) is 48.0 Å². The Hall–Kier alpha value is -2.73. The van der Waals surface area contributed by atoms with Crippen LogP contribution in [-0.4, -0.2) is 35.2 Å². The number of para-hydroxylation sites is 1. The first-order valence-corrected chi connectivity index (χ1v) is 9.06. The van der Waals surface area contributed by atoms with Gasteiger partial charge in [-0.25, -0.2) is 4.99 Å². The van der Waals surface area contributed by atoms with Gasteiger partial charge in [0.25, 0.3) is 5.91 Å². The topological polar surface area (TPSA) is 62.1 Å². The Morgan fingerprint density at radius 3 is 2.62 bits per heavy atom. The molecule has 5 nitrogen and oxygen atoms in total. The molecule has 26 heavy (non-hydrogen) atoms. The molecule has 0 saturated carbocycles. The monoisotopic (exact) mass is 368 g/mol. The van der Waals surface area contributed by atoms with E-state index in [1.807, 2.05) is 24.3 Å². The molecule has 1 saturated heterocycles. The van der Waals surface area contributed by atoms with Gasteiger partial charge in [-0.3, -0.25) is 9.69 Å². The second-order valence-electron chi connectivity index (χ2n) is 5.79. The molecule has 3 rings (SSSR count). The van der Waals surface area contributed by atoms with Gasteiger partial charge in [0.1, 0.15) is 0 Å². The molecule has 1 aliphatic heterocycles. The number of phenolic OH excluding ortho intramolecular Hbond substituents is 1. The van der Waals surface area contributed by atoms with Crippen molar-refractivity contribution in [2.75, 3.05) is 14.2 Å². The highest BCUT2D eigenvalue weighted by Crippen LogP contribution is 2.36. The molecular formula is C20H20N2O3S. The third-order valence-corrected chi connectivity index (χ3v) is 5.17. The van der Waals surface area contributed by atoms with Crippen LogP contribution in [0, 0.1) is 0 Å². The van der Waals surface area contributed by atoms with Gasteiger partial charge in [-0.1, -0.05) is 31.2 Å². The second kappa shape index (κ2) is 7.66. The van der Waals surface area contributed by atoms with Crippen LogP contribution >= 0.6 is 11.8 Å². The van der Waals surface area contributed by atoms with E-state index in [9.17, 15) is 9.90 Å². The van der Waals surface area contributed by atoms with Gasteiger partial charge in [0, 0.05) is 12.6 Å². The zero-order chi connectivity index (χ0) is 18.7. The Morgan fingerprint density at radius 1 is 1.23 bits per heavy atom. The first-order chi connectivity index (χ1) is 12.5. The number of carbonyl (C=O) groups is 1. The molecule has 0 bridgehead atoms. The van der Waals surface area contributed by atoms with E-state index in [1.54, 1.807) is 31.3 Å². The molecule has 0 aliphatic carbocycles. The molecule has 2 aromatic carbocycles. The van der Waals surface area contributed by atoms with E-state index in [4.69, 9.17) is 4.74 Å². The minimum absolute atomic E-state index is 0.0131. The highest BCUT2D eigenvalue weighted by atomic mass is 32.2. The van der Waals surface area contributed by atoms with E-state index in [1.165, 1.54) is 29.3 Å². The van der Waals surface area contributed by atoms with Crippen LogP contribution in [0.4, 0.5) is 5.69 Å². The van der Waals surface area contributed by atoms with Crippen LogP contribution < -0.4 is 4.74 Å². The summed E-state index contributed by atoms with van der Waals surface area (Å²) in [6.45, 7) is 2.10.